The largest absolute Gasteiger partial charge is 0.271 e. The van der Waals surface area contributed by atoms with Crippen LogP contribution in [0.5, 0.6) is 0 Å². The monoisotopic (exact) mass is 242 g/mol. The van der Waals surface area contributed by atoms with Crippen LogP contribution in [0.2, 0.25) is 0 Å². The first-order chi connectivity index (χ1) is 7.40. The average Bonchev–Trinajstić information content (AvgIpc) is 2.18. The number of rotatable bonds is 5. The van der Waals surface area contributed by atoms with Gasteiger partial charge in [-0.15, -0.1) is 0 Å². The fourth-order valence-electron chi connectivity index (χ4n) is 1.54. The van der Waals surface area contributed by atoms with Gasteiger partial charge in [0.15, 0.2) is 0 Å². The van der Waals surface area contributed by atoms with E-state index in [1.54, 1.807) is 0 Å². The molecule has 1 aromatic carbocycles. The van der Waals surface area contributed by atoms with E-state index in [4.69, 9.17) is 5.84 Å². The lowest BCUT2D eigenvalue weighted by Crippen LogP contribution is -2.41. The van der Waals surface area contributed by atoms with Gasteiger partial charge in [0, 0.05) is 12.3 Å². The second kappa shape index (κ2) is 5.43. The van der Waals surface area contributed by atoms with Crippen LogP contribution in [0, 0.1) is 6.92 Å². The molecule has 0 amide bonds. The van der Waals surface area contributed by atoms with Crippen LogP contribution in [0.15, 0.2) is 24.3 Å². The Morgan fingerprint density at radius 3 is 2.31 bits per heavy atom. The van der Waals surface area contributed by atoms with Crippen LogP contribution < -0.4 is 11.3 Å². The van der Waals surface area contributed by atoms with Crippen molar-refractivity contribution >= 4 is 9.84 Å². The molecule has 3 N–H and O–H groups in total. The van der Waals surface area contributed by atoms with E-state index in [1.165, 1.54) is 11.8 Å². The third-order valence-electron chi connectivity index (χ3n) is 2.34. The Bertz CT molecular complexity index is 426. The summed E-state index contributed by atoms with van der Waals surface area (Å²) >= 11 is 0. The lowest BCUT2D eigenvalue weighted by atomic mass is 10.1. The smallest absolute Gasteiger partial charge is 0.149 e. The molecule has 1 atom stereocenters. The predicted octanol–water partition coefficient (Wildman–Crippen LogP) is 0.414. The van der Waals surface area contributed by atoms with E-state index < -0.39 is 9.84 Å². The summed E-state index contributed by atoms with van der Waals surface area (Å²) in [6, 6.07) is 7.74. The van der Waals surface area contributed by atoms with E-state index in [0.29, 0.717) is 6.42 Å². The quantitative estimate of drug-likeness (QED) is 0.579. The van der Waals surface area contributed by atoms with Crippen LogP contribution >= 0.6 is 0 Å². The van der Waals surface area contributed by atoms with Gasteiger partial charge in [-0.25, -0.2) is 8.42 Å². The SMILES string of the molecule is Cc1ccc(CC(CS(C)(=O)=O)NN)cc1. The van der Waals surface area contributed by atoms with Gasteiger partial charge in [0.1, 0.15) is 9.84 Å². The first kappa shape index (κ1) is 13.2. The first-order valence-electron chi connectivity index (χ1n) is 5.10. The number of sulfone groups is 1. The third kappa shape index (κ3) is 4.74. The van der Waals surface area contributed by atoms with Crippen molar-refractivity contribution in [1.82, 2.24) is 5.43 Å². The molecule has 1 aromatic rings. The number of benzene rings is 1. The van der Waals surface area contributed by atoms with Gasteiger partial charge in [0.2, 0.25) is 0 Å². The molecule has 0 aliphatic carbocycles. The Morgan fingerprint density at radius 1 is 1.31 bits per heavy atom. The van der Waals surface area contributed by atoms with Crippen LogP contribution in [-0.2, 0) is 16.3 Å². The van der Waals surface area contributed by atoms with Crippen LogP contribution in [0.1, 0.15) is 11.1 Å². The highest BCUT2D eigenvalue weighted by Gasteiger charge is 2.14. The summed E-state index contributed by atoms with van der Waals surface area (Å²) in [5.41, 5.74) is 4.81. The zero-order valence-corrected chi connectivity index (χ0v) is 10.4. The molecule has 0 saturated carbocycles. The van der Waals surface area contributed by atoms with Gasteiger partial charge < -0.3 is 0 Å². The minimum Gasteiger partial charge on any atom is -0.271 e. The summed E-state index contributed by atoms with van der Waals surface area (Å²) in [6.07, 6.45) is 1.83. The topological polar surface area (TPSA) is 72.2 Å². The van der Waals surface area contributed by atoms with Crippen LogP contribution in [0.25, 0.3) is 0 Å². The van der Waals surface area contributed by atoms with Crippen molar-refractivity contribution < 1.29 is 8.42 Å². The van der Waals surface area contributed by atoms with Gasteiger partial charge in [-0.3, -0.25) is 11.3 Å². The maximum absolute atomic E-state index is 11.1. The number of hydrogen-bond donors (Lipinski definition) is 2. The van der Waals surface area contributed by atoms with Gasteiger partial charge in [0.25, 0.3) is 0 Å². The third-order valence-corrected chi connectivity index (χ3v) is 3.35. The van der Waals surface area contributed by atoms with Crippen LogP contribution in [0.3, 0.4) is 0 Å². The standard InChI is InChI=1S/C11H18N2O2S/c1-9-3-5-10(6-4-9)7-11(13-12)8-16(2,14)15/h3-6,11,13H,7-8,12H2,1-2H3. The second-order valence-corrected chi connectivity index (χ2v) is 6.33. The lowest BCUT2D eigenvalue weighted by Gasteiger charge is -2.14. The van der Waals surface area contributed by atoms with Crippen molar-refractivity contribution in [2.75, 3.05) is 12.0 Å². The highest BCUT2D eigenvalue weighted by atomic mass is 32.2. The Balaban J connectivity index is 2.67. The maximum atomic E-state index is 11.1. The molecule has 0 fully saturated rings. The molecule has 0 saturated heterocycles. The van der Waals surface area contributed by atoms with Gasteiger partial charge >= 0.3 is 0 Å². The number of nitrogens with two attached hydrogens (primary N) is 1. The molecule has 1 unspecified atom stereocenters. The van der Waals surface area contributed by atoms with E-state index in [-0.39, 0.29) is 11.8 Å². The normalized spacial score (nSPS) is 13.7. The molecular formula is C11H18N2O2S. The molecule has 16 heavy (non-hydrogen) atoms. The summed E-state index contributed by atoms with van der Waals surface area (Å²) in [5, 5.41) is 0. The average molecular weight is 242 g/mol. The zero-order valence-electron chi connectivity index (χ0n) is 9.60. The maximum Gasteiger partial charge on any atom is 0.149 e. The molecule has 0 aromatic heterocycles. The van der Waals surface area contributed by atoms with Crippen molar-refractivity contribution in [2.24, 2.45) is 5.84 Å². The van der Waals surface area contributed by atoms with E-state index in [0.717, 1.165) is 5.56 Å². The molecule has 0 aliphatic heterocycles. The van der Waals surface area contributed by atoms with E-state index >= 15 is 0 Å². The number of hydrogen-bond acceptors (Lipinski definition) is 4. The molecule has 4 nitrogen and oxygen atoms in total. The summed E-state index contributed by atoms with van der Waals surface area (Å²) in [5.74, 6) is 5.40. The van der Waals surface area contributed by atoms with E-state index in [1.807, 2.05) is 31.2 Å². The molecular weight excluding hydrogens is 224 g/mol. The number of hydrazine groups is 1. The summed E-state index contributed by atoms with van der Waals surface area (Å²) in [4.78, 5) is 0. The number of nitrogens with one attached hydrogen (secondary N) is 1. The van der Waals surface area contributed by atoms with Crippen LogP contribution in [0.4, 0.5) is 0 Å². The summed E-state index contributed by atoms with van der Waals surface area (Å²) < 4.78 is 22.3. The Hall–Kier alpha value is -0.910. The van der Waals surface area contributed by atoms with E-state index in [2.05, 4.69) is 5.43 Å². The van der Waals surface area contributed by atoms with Crippen molar-refractivity contribution in [3.63, 3.8) is 0 Å². The summed E-state index contributed by atoms with van der Waals surface area (Å²) in [7, 11) is -3.01. The molecule has 5 heteroatoms. The fourth-order valence-corrected chi connectivity index (χ4v) is 2.49. The molecule has 0 radical (unpaired) electrons. The highest BCUT2D eigenvalue weighted by Crippen LogP contribution is 2.07. The predicted molar refractivity (Wildman–Crippen MR) is 65.7 cm³/mol. The molecule has 90 valence electrons. The van der Waals surface area contributed by atoms with Crippen molar-refractivity contribution in [3.05, 3.63) is 35.4 Å². The van der Waals surface area contributed by atoms with Gasteiger partial charge in [-0.05, 0) is 18.9 Å². The van der Waals surface area contributed by atoms with Crippen molar-refractivity contribution in [3.8, 4) is 0 Å². The van der Waals surface area contributed by atoms with Crippen LogP contribution in [-0.4, -0.2) is 26.5 Å². The molecule has 0 bridgehead atoms. The van der Waals surface area contributed by atoms with Crippen molar-refractivity contribution in [2.45, 2.75) is 19.4 Å². The lowest BCUT2D eigenvalue weighted by molar-refractivity contribution is 0.546. The van der Waals surface area contributed by atoms with E-state index in [9.17, 15) is 8.42 Å². The molecule has 0 spiro atoms. The number of aryl methyl sites for hydroxylation is 1. The fraction of sp³-hybridized carbons (Fsp3) is 0.455. The minimum absolute atomic E-state index is 0.0530. The molecule has 0 aliphatic rings. The Kier molecular flexibility index (Phi) is 4.46. The Morgan fingerprint density at radius 2 is 1.88 bits per heavy atom. The first-order valence-corrected chi connectivity index (χ1v) is 7.16. The van der Waals surface area contributed by atoms with Gasteiger partial charge in [-0.2, -0.15) is 0 Å². The Labute approximate surface area is 96.7 Å². The molecule has 0 heterocycles. The highest BCUT2D eigenvalue weighted by molar-refractivity contribution is 7.90. The zero-order chi connectivity index (χ0) is 12.2. The minimum atomic E-state index is -3.01. The molecule has 1 rings (SSSR count). The van der Waals surface area contributed by atoms with Gasteiger partial charge in [0.05, 0.1) is 5.75 Å². The second-order valence-electron chi connectivity index (χ2n) is 4.15. The van der Waals surface area contributed by atoms with Gasteiger partial charge in [-0.1, -0.05) is 29.8 Å². The summed E-state index contributed by atoms with van der Waals surface area (Å²) in [6.45, 7) is 2.01. The van der Waals surface area contributed by atoms with Crippen molar-refractivity contribution in [1.29, 1.82) is 0 Å².